The predicted molar refractivity (Wildman–Crippen MR) is 129 cm³/mol. The lowest BCUT2D eigenvalue weighted by Gasteiger charge is -2.34. The average Bonchev–Trinajstić information content (AvgIpc) is 2.75. The van der Waals surface area contributed by atoms with E-state index in [1.165, 1.54) is 97.6 Å². The molecule has 0 aliphatic heterocycles. The molecule has 2 aliphatic rings. The Balaban J connectivity index is 1.78. The first kappa shape index (κ1) is 22.2. The molecular weight excluding hydrogens is 380 g/mol. The van der Waals surface area contributed by atoms with Gasteiger partial charge in [-0.1, -0.05) is 64.5 Å². The van der Waals surface area contributed by atoms with Gasteiger partial charge in [-0.2, -0.15) is 0 Å². The van der Waals surface area contributed by atoms with Crippen LogP contribution in [0, 0.1) is 13.8 Å². The first-order chi connectivity index (χ1) is 14.8. The van der Waals surface area contributed by atoms with Gasteiger partial charge in [0.15, 0.2) is 0 Å². The third-order valence-corrected chi connectivity index (χ3v) is 8.36. The van der Waals surface area contributed by atoms with Crippen LogP contribution < -0.4 is 0 Å². The van der Waals surface area contributed by atoms with Crippen molar-refractivity contribution in [2.75, 3.05) is 0 Å². The normalized spacial score (nSPS) is 19.0. The maximum Gasteiger partial charge on any atom is 0.119 e. The lowest BCUT2D eigenvalue weighted by molar-refractivity contribution is 0.410. The Morgan fingerprint density at radius 3 is 1.32 bits per heavy atom. The van der Waals surface area contributed by atoms with Crippen LogP contribution in [0.1, 0.15) is 123 Å². The van der Waals surface area contributed by atoms with Crippen molar-refractivity contribution in [1.29, 1.82) is 0 Å². The highest BCUT2D eigenvalue weighted by molar-refractivity contribution is 5.56. The maximum atomic E-state index is 10.8. The van der Waals surface area contributed by atoms with Gasteiger partial charge in [-0.05, 0) is 85.8 Å². The van der Waals surface area contributed by atoms with E-state index in [0.29, 0.717) is 23.3 Å². The van der Waals surface area contributed by atoms with Gasteiger partial charge in [0.05, 0.1) is 0 Å². The summed E-state index contributed by atoms with van der Waals surface area (Å²) in [5.74, 6) is 1.88. The quantitative estimate of drug-likeness (QED) is 0.524. The Morgan fingerprint density at radius 2 is 0.968 bits per heavy atom. The second-order valence-corrected chi connectivity index (χ2v) is 10.6. The second-order valence-electron chi connectivity index (χ2n) is 10.6. The van der Waals surface area contributed by atoms with Crippen molar-refractivity contribution >= 4 is 0 Å². The summed E-state index contributed by atoms with van der Waals surface area (Å²) in [5, 5.41) is 21.6. The highest BCUT2D eigenvalue weighted by Gasteiger charge is 2.32. The highest BCUT2D eigenvalue weighted by atomic mass is 16.3. The van der Waals surface area contributed by atoms with Crippen molar-refractivity contribution in [1.82, 2.24) is 0 Å². The van der Waals surface area contributed by atoms with E-state index in [9.17, 15) is 10.2 Å². The molecule has 0 atom stereocenters. The van der Waals surface area contributed by atoms with Gasteiger partial charge in [0.25, 0.3) is 0 Å². The molecule has 0 amide bonds. The summed E-state index contributed by atoms with van der Waals surface area (Å²) >= 11 is 0. The Labute approximate surface area is 188 Å². The summed E-state index contributed by atoms with van der Waals surface area (Å²) in [7, 11) is 0. The van der Waals surface area contributed by atoms with Crippen LogP contribution in [0.5, 0.6) is 11.5 Å². The molecule has 2 N–H and O–H groups in total. The molecule has 0 bridgehead atoms. The minimum atomic E-state index is -0.192. The topological polar surface area (TPSA) is 40.5 Å². The fourth-order valence-electron chi connectivity index (χ4n) is 6.74. The third-order valence-electron chi connectivity index (χ3n) is 8.36. The molecule has 2 aromatic carbocycles. The SMILES string of the molecule is Cc1c(C(C)(C)c2ccc(O)c(C3CCCCC3)c2C)ccc(O)c1C1CCCCC1. The minimum Gasteiger partial charge on any atom is -0.508 e. The second kappa shape index (κ2) is 8.88. The molecule has 2 nitrogen and oxygen atoms in total. The average molecular weight is 421 g/mol. The summed E-state index contributed by atoms with van der Waals surface area (Å²) < 4.78 is 0. The van der Waals surface area contributed by atoms with Gasteiger partial charge in [0, 0.05) is 16.5 Å². The van der Waals surface area contributed by atoms with Crippen LogP contribution in [0.3, 0.4) is 0 Å². The highest BCUT2D eigenvalue weighted by Crippen LogP contribution is 2.47. The molecule has 2 saturated carbocycles. The van der Waals surface area contributed by atoms with E-state index < -0.39 is 0 Å². The summed E-state index contributed by atoms with van der Waals surface area (Å²) in [6, 6.07) is 8.10. The van der Waals surface area contributed by atoms with Crippen LogP contribution in [0.25, 0.3) is 0 Å². The van der Waals surface area contributed by atoms with Crippen LogP contribution in [0.4, 0.5) is 0 Å². The van der Waals surface area contributed by atoms with Crippen molar-refractivity contribution in [3.8, 4) is 11.5 Å². The molecule has 0 unspecified atom stereocenters. The number of hydrogen-bond donors (Lipinski definition) is 2. The number of aromatic hydroxyl groups is 2. The number of benzene rings is 2. The Hall–Kier alpha value is -1.96. The van der Waals surface area contributed by atoms with Gasteiger partial charge < -0.3 is 10.2 Å². The largest absolute Gasteiger partial charge is 0.508 e. The summed E-state index contributed by atoms with van der Waals surface area (Å²) in [4.78, 5) is 0. The molecule has 2 aromatic rings. The lowest BCUT2D eigenvalue weighted by Crippen LogP contribution is -2.24. The molecule has 168 valence electrons. The first-order valence-electron chi connectivity index (χ1n) is 12.5. The summed E-state index contributed by atoms with van der Waals surface area (Å²) in [5.41, 5.74) is 7.27. The van der Waals surface area contributed by atoms with E-state index in [1.807, 2.05) is 12.1 Å². The van der Waals surface area contributed by atoms with Gasteiger partial charge in [-0.25, -0.2) is 0 Å². The Kier molecular flexibility index (Phi) is 6.37. The fourth-order valence-corrected chi connectivity index (χ4v) is 6.74. The number of hydrogen-bond acceptors (Lipinski definition) is 2. The zero-order valence-electron chi connectivity index (χ0n) is 19.9. The van der Waals surface area contributed by atoms with Crippen molar-refractivity contribution < 1.29 is 10.2 Å². The van der Waals surface area contributed by atoms with E-state index in [0.717, 1.165) is 0 Å². The van der Waals surface area contributed by atoms with E-state index in [2.05, 4.69) is 39.8 Å². The van der Waals surface area contributed by atoms with Crippen molar-refractivity contribution in [3.63, 3.8) is 0 Å². The van der Waals surface area contributed by atoms with Gasteiger partial charge in [0.1, 0.15) is 11.5 Å². The van der Waals surface area contributed by atoms with Crippen LogP contribution in [0.15, 0.2) is 24.3 Å². The standard InChI is InChI=1S/C29H40O2/c1-19-23(15-17-25(30)27(19)21-11-7-5-8-12-21)29(3,4)24-16-18-26(31)28(20(24)2)22-13-9-6-10-14-22/h15-18,21-22,30-31H,5-14H2,1-4H3. The molecule has 0 spiro atoms. The summed E-state index contributed by atoms with van der Waals surface area (Å²) in [6.07, 6.45) is 12.4. The monoisotopic (exact) mass is 420 g/mol. The molecule has 2 heteroatoms. The van der Waals surface area contributed by atoms with Gasteiger partial charge in [-0.3, -0.25) is 0 Å². The van der Waals surface area contributed by atoms with Gasteiger partial charge in [0.2, 0.25) is 0 Å². The smallest absolute Gasteiger partial charge is 0.119 e. The van der Waals surface area contributed by atoms with Crippen molar-refractivity contribution in [3.05, 3.63) is 57.6 Å². The Morgan fingerprint density at radius 1 is 0.613 bits per heavy atom. The van der Waals surface area contributed by atoms with E-state index in [1.54, 1.807) is 0 Å². The van der Waals surface area contributed by atoms with Gasteiger partial charge >= 0.3 is 0 Å². The van der Waals surface area contributed by atoms with Crippen LogP contribution in [-0.2, 0) is 5.41 Å². The molecule has 0 radical (unpaired) electrons. The number of rotatable bonds is 4. The van der Waals surface area contributed by atoms with Crippen LogP contribution in [-0.4, -0.2) is 10.2 Å². The molecule has 0 heterocycles. The molecule has 0 aromatic heterocycles. The molecule has 31 heavy (non-hydrogen) atoms. The maximum absolute atomic E-state index is 10.8. The van der Waals surface area contributed by atoms with Crippen LogP contribution >= 0.6 is 0 Å². The predicted octanol–water partition coefficient (Wildman–Crippen LogP) is 8.14. The first-order valence-corrected chi connectivity index (χ1v) is 12.5. The van der Waals surface area contributed by atoms with Crippen molar-refractivity contribution in [2.45, 2.75) is 109 Å². The third kappa shape index (κ3) is 4.11. The van der Waals surface area contributed by atoms with Crippen molar-refractivity contribution in [2.24, 2.45) is 0 Å². The zero-order valence-corrected chi connectivity index (χ0v) is 19.9. The van der Waals surface area contributed by atoms with E-state index >= 15 is 0 Å². The van der Waals surface area contributed by atoms with Crippen LogP contribution in [0.2, 0.25) is 0 Å². The molecule has 2 aliphatic carbocycles. The van der Waals surface area contributed by atoms with Gasteiger partial charge in [-0.15, -0.1) is 0 Å². The number of phenols is 2. The minimum absolute atomic E-state index is 0.192. The molecule has 0 saturated heterocycles. The van der Waals surface area contributed by atoms with E-state index in [4.69, 9.17) is 0 Å². The zero-order chi connectivity index (χ0) is 22.2. The molecular formula is C29H40O2. The lowest BCUT2D eigenvalue weighted by atomic mass is 9.70. The number of phenolic OH excluding ortho intramolecular Hbond substituents is 2. The van der Waals surface area contributed by atoms with E-state index in [-0.39, 0.29) is 5.41 Å². The summed E-state index contributed by atoms with van der Waals surface area (Å²) in [6.45, 7) is 9.03. The molecule has 2 fully saturated rings. The Bertz CT molecular complexity index is 853. The fraction of sp³-hybridized carbons (Fsp3) is 0.586. The molecule has 4 rings (SSSR count).